The molecule has 12 heteroatoms. The number of hydrogen-bond acceptors (Lipinski definition) is 8. The van der Waals surface area contributed by atoms with E-state index in [1.165, 1.54) is 37.8 Å². The van der Waals surface area contributed by atoms with E-state index in [9.17, 15) is 19.1 Å². The highest BCUT2D eigenvalue weighted by molar-refractivity contribution is 6.64. The summed E-state index contributed by atoms with van der Waals surface area (Å²) in [6, 6.07) is 7.03. The molecule has 3 aromatic rings. The predicted octanol–water partition coefficient (Wildman–Crippen LogP) is 3.28. The van der Waals surface area contributed by atoms with Crippen molar-refractivity contribution in [2.75, 3.05) is 19.0 Å². The molecule has 1 fully saturated rings. The summed E-state index contributed by atoms with van der Waals surface area (Å²) in [4.78, 5) is 32.5. The average Bonchev–Trinajstić information content (AvgIpc) is 2.83. The SMILES string of the molecule is COc1cc2ncnc(Nc3cccc(Cl)c3F)c2cc1O[C@@H]1CCN([B]C=O)[C@@H](C(=O)O)C1. The summed E-state index contributed by atoms with van der Waals surface area (Å²) in [5.74, 6) is -0.557. The van der Waals surface area contributed by atoms with Gasteiger partial charge in [0.25, 0.3) is 7.41 Å². The van der Waals surface area contributed by atoms with Crippen molar-refractivity contribution < 1.29 is 28.6 Å². The van der Waals surface area contributed by atoms with Crippen LogP contribution in [0, 0.1) is 5.82 Å². The van der Waals surface area contributed by atoms with Crippen LogP contribution in [0.1, 0.15) is 12.8 Å². The molecule has 0 amide bonds. The van der Waals surface area contributed by atoms with Crippen LogP contribution in [0.3, 0.4) is 0 Å². The molecule has 1 aliphatic heterocycles. The van der Waals surface area contributed by atoms with Gasteiger partial charge in [0.2, 0.25) is 0 Å². The maximum absolute atomic E-state index is 14.4. The van der Waals surface area contributed by atoms with Crippen molar-refractivity contribution in [3.05, 3.63) is 47.5 Å². The Labute approximate surface area is 200 Å². The first-order chi connectivity index (χ1) is 16.4. The maximum atomic E-state index is 14.4. The zero-order valence-electron chi connectivity index (χ0n) is 18.1. The molecule has 2 heterocycles. The first kappa shape index (κ1) is 23.7. The van der Waals surface area contributed by atoms with Gasteiger partial charge >= 0.3 is 5.97 Å². The number of carboxylic acid groups (broad SMARTS) is 1. The number of piperidine rings is 1. The van der Waals surface area contributed by atoms with Crippen molar-refractivity contribution >= 4 is 53.6 Å². The Bertz CT molecular complexity index is 1230. The van der Waals surface area contributed by atoms with Gasteiger partial charge in [-0.2, -0.15) is 0 Å². The molecule has 1 radical (unpaired) electrons. The summed E-state index contributed by atoms with van der Waals surface area (Å²) in [7, 11) is 2.72. The Kier molecular flexibility index (Phi) is 7.13. The van der Waals surface area contributed by atoms with Crippen LogP contribution in [0.25, 0.3) is 10.9 Å². The second kappa shape index (κ2) is 10.2. The van der Waals surface area contributed by atoms with Crippen LogP contribution in [-0.4, -0.2) is 65.3 Å². The van der Waals surface area contributed by atoms with Gasteiger partial charge in [0.15, 0.2) is 17.3 Å². The fourth-order valence-corrected chi connectivity index (χ4v) is 4.05. The molecule has 1 aromatic heterocycles. The molecule has 4 rings (SSSR count). The molecule has 0 bridgehead atoms. The van der Waals surface area contributed by atoms with Gasteiger partial charge in [-0.15, -0.1) is 0 Å². The largest absolute Gasteiger partial charge is 0.493 e. The Hall–Kier alpha value is -3.44. The van der Waals surface area contributed by atoms with E-state index in [0.29, 0.717) is 47.4 Å². The number of carboxylic acids is 1. The molecule has 0 spiro atoms. The number of ether oxygens (including phenoxy) is 2. The number of fused-ring (bicyclic) bond motifs is 1. The van der Waals surface area contributed by atoms with Gasteiger partial charge in [-0.3, -0.25) is 4.79 Å². The lowest BCUT2D eigenvalue weighted by atomic mass is 9.85. The zero-order valence-corrected chi connectivity index (χ0v) is 18.8. The van der Waals surface area contributed by atoms with E-state index in [1.54, 1.807) is 18.2 Å². The standard InChI is InChI=1S/C22H20BClFN4O5/c1-33-18-9-16-13(21(27-11-26-16)28-15-4-2-3-14(24)20(15)25)8-19(18)34-12-5-6-29(23-10-30)17(7-12)22(31)32/h2-4,8-12,17H,5-7H2,1H3,(H,31,32)(H,26,27,28)/t12-,17-/m1/s1. The topological polar surface area (TPSA) is 114 Å². The molecule has 2 N–H and O–H groups in total. The fourth-order valence-electron chi connectivity index (χ4n) is 3.88. The monoisotopic (exact) mass is 485 g/mol. The van der Waals surface area contributed by atoms with Gasteiger partial charge < -0.3 is 29.5 Å². The van der Waals surface area contributed by atoms with E-state index in [1.807, 2.05) is 0 Å². The third kappa shape index (κ3) is 4.90. The molecule has 9 nitrogen and oxygen atoms in total. The first-order valence-electron chi connectivity index (χ1n) is 10.4. The highest BCUT2D eigenvalue weighted by Gasteiger charge is 2.34. The second-order valence-corrected chi connectivity index (χ2v) is 8.02. The maximum Gasteiger partial charge on any atom is 0.320 e. The van der Waals surface area contributed by atoms with Crippen LogP contribution in [0.2, 0.25) is 5.02 Å². The second-order valence-electron chi connectivity index (χ2n) is 7.61. The van der Waals surface area contributed by atoms with Crippen molar-refractivity contribution in [3.8, 4) is 11.5 Å². The Morgan fingerprint density at radius 1 is 1.35 bits per heavy atom. The summed E-state index contributed by atoms with van der Waals surface area (Å²) >= 11 is 5.88. The lowest BCUT2D eigenvalue weighted by Crippen LogP contribution is -2.51. The Balaban J connectivity index is 1.65. The normalized spacial score (nSPS) is 18.3. The highest BCUT2D eigenvalue weighted by Crippen LogP contribution is 2.37. The first-order valence-corrected chi connectivity index (χ1v) is 10.8. The number of carbonyl (C=O) groups is 2. The van der Waals surface area contributed by atoms with E-state index in [2.05, 4.69) is 15.3 Å². The number of hydrogen-bond donors (Lipinski definition) is 2. The number of halogens is 2. The molecule has 1 saturated heterocycles. The van der Waals surface area contributed by atoms with Crippen molar-refractivity contribution in [1.29, 1.82) is 0 Å². The van der Waals surface area contributed by atoms with Crippen molar-refractivity contribution in [2.45, 2.75) is 25.0 Å². The smallest absolute Gasteiger partial charge is 0.320 e. The van der Waals surface area contributed by atoms with Crippen LogP contribution in [0.4, 0.5) is 15.9 Å². The van der Waals surface area contributed by atoms with Gasteiger partial charge in [0.1, 0.15) is 24.3 Å². The Morgan fingerprint density at radius 2 is 2.18 bits per heavy atom. The Morgan fingerprint density at radius 3 is 2.91 bits per heavy atom. The summed E-state index contributed by atoms with van der Waals surface area (Å²) < 4.78 is 26.0. The third-order valence-corrected chi connectivity index (χ3v) is 5.84. The number of anilines is 2. The van der Waals surface area contributed by atoms with Crippen molar-refractivity contribution in [1.82, 2.24) is 14.8 Å². The fraction of sp³-hybridized carbons (Fsp3) is 0.273. The summed E-state index contributed by atoms with van der Waals surface area (Å²) in [5.41, 5.74) is 0.678. The van der Waals surface area contributed by atoms with E-state index in [0.717, 1.165) is 0 Å². The van der Waals surface area contributed by atoms with E-state index in [4.69, 9.17) is 21.1 Å². The van der Waals surface area contributed by atoms with Gasteiger partial charge in [0.05, 0.1) is 29.5 Å². The lowest BCUT2D eigenvalue weighted by molar-refractivity contribution is -0.143. The number of rotatable bonds is 8. The average molecular weight is 486 g/mol. The molecule has 34 heavy (non-hydrogen) atoms. The number of aromatic nitrogens is 2. The predicted molar refractivity (Wildman–Crippen MR) is 125 cm³/mol. The van der Waals surface area contributed by atoms with Crippen LogP contribution in [-0.2, 0) is 9.59 Å². The molecule has 1 aliphatic rings. The quantitative estimate of drug-likeness (QED) is 0.366. The summed E-state index contributed by atoms with van der Waals surface area (Å²) in [5, 5.41) is 13.0. The minimum Gasteiger partial charge on any atom is -0.493 e. The molecule has 2 aromatic carbocycles. The highest BCUT2D eigenvalue weighted by atomic mass is 35.5. The molecular formula is C22H20BClFN4O5. The molecular weight excluding hydrogens is 466 g/mol. The lowest BCUT2D eigenvalue weighted by Gasteiger charge is -2.36. The van der Waals surface area contributed by atoms with Gasteiger partial charge in [-0.25, -0.2) is 14.4 Å². The summed E-state index contributed by atoms with van der Waals surface area (Å²) in [6.07, 6.45) is 2.14. The minimum absolute atomic E-state index is 0.0276. The zero-order chi connectivity index (χ0) is 24.2. The number of benzene rings is 2. The minimum atomic E-state index is -1.04. The van der Waals surface area contributed by atoms with Gasteiger partial charge in [-0.1, -0.05) is 17.7 Å². The summed E-state index contributed by atoms with van der Waals surface area (Å²) in [6.45, 7) is 0.347. The molecule has 175 valence electrons. The van der Waals surface area contributed by atoms with E-state index in [-0.39, 0.29) is 17.1 Å². The van der Waals surface area contributed by atoms with Crippen molar-refractivity contribution in [3.63, 3.8) is 0 Å². The molecule has 0 unspecified atom stereocenters. The van der Waals surface area contributed by atoms with Crippen LogP contribution < -0.4 is 14.8 Å². The number of nitrogens with one attached hydrogen (secondary N) is 1. The number of carbonyl (C=O) groups excluding carboxylic acids is 1. The molecule has 2 atom stereocenters. The number of nitrogens with zero attached hydrogens (tertiary/aromatic N) is 3. The van der Waals surface area contributed by atoms with Crippen LogP contribution in [0.15, 0.2) is 36.7 Å². The number of methoxy groups -OCH3 is 1. The van der Waals surface area contributed by atoms with Crippen molar-refractivity contribution in [2.24, 2.45) is 0 Å². The van der Waals surface area contributed by atoms with Gasteiger partial charge in [-0.05, 0) is 31.2 Å². The third-order valence-electron chi connectivity index (χ3n) is 5.55. The van der Waals surface area contributed by atoms with Crippen LogP contribution in [0.5, 0.6) is 11.5 Å². The van der Waals surface area contributed by atoms with E-state index >= 15 is 0 Å². The molecule has 0 aliphatic carbocycles. The van der Waals surface area contributed by atoms with E-state index < -0.39 is 23.9 Å². The van der Waals surface area contributed by atoms with Crippen LogP contribution >= 0.6 is 11.6 Å². The van der Waals surface area contributed by atoms with Gasteiger partial charge in [0, 0.05) is 17.9 Å². The molecule has 0 saturated carbocycles. The number of aliphatic carboxylic acids is 1.